The van der Waals surface area contributed by atoms with Gasteiger partial charge in [-0.3, -0.25) is 4.79 Å². The summed E-state index contributed by atoms with van der Waals surface area (Å²) in [6.45, 7) is 11.3. The number of aliphatic hydroxyl groups excluding tert-OH is 2. The van der Waals surface area contributed by atoms with Gasteiger partial charge in [-0.05, 0) is 24.2 Å². The number of hydrogen-bond donors (Lipinski definition) is 2. The highest BCUT2D eigenvalue weighted by Crippen LogP contribution is 2.24. The van der Waals surface area contributed by atoms with Crippen LogP contribution in [0.1, 0.15) is 195 Å². The van der Waals surface area contributed by atoms with Crippen LogP contribution in [0.5, 0.6) is 0 Å². The van der Waals surface area contributed by atoms with Crippen LogP contribution in [0.3, 0.4) is 0 Å². The Morgan fingerprint density at radius 1 is 0.550 bits per heavy atom. The number of carbonyl (C=O) groups excluding carboxylic acids is 1. The van der Waals surface area contributed by atoms with E-state index in [0.29, 0.717) is 18.9 Å². The molecule has 1 atom stereocenters. The number of carbonyl (C=O) groups is 1. The van der Waals surface area contributed by atoms with Gasteiger partial charge in [-0.1, -0.05) is 176 Å². The fraction of sp³-hybridized carbons (Fsp3) is 0.972. The lowest BCUT2D eigenvalue weighted by Crippen LogP contribution is -2.20. The number of aliphatic hydroxyl groups is 2. The summed E-state index contributed by atoms with van der Waals surface area (Å²) in [6, 6.07) is 0. The second kappa shape index (κ2) is 32.9. The molecule has 40 heavy (non-hydrogen) atoms. The molecule has 0 aromatic rings. The molecule has 0 aliphatic heterocycles. The summed E-state index contributed by atoms with van der Waals surface area (Å²) < 4.78 is 5.61. The molecule has 0 amide bonds. The summed E-state index contributed by atoms with van der Waals surface area (Å²) in [7, 11) is 0. The van der Waals surface area contributed by atoms with Gasteiger partial charge in [0.05, 0.1) is 19.8 Å². The summed E-state index contributed by atoms with van der Waals surface area (Å²) in [5.41, 5.74) is 0.0528. The third-order valence-electron chi connectivity index (χ3n) is 7.65. The molecule has 0 fully saturated rings. The van der Waals surface area contributed by atoms with E-state index < -0.39 is 0 Å². The number of esters is 1. The second-order valence-electron chi connectivity index (χ2n) is 13.4. The molecule has 0 heterocycles. The fourth-order valence-electron chi connectivity index (χ4n) is 5.13. The van der Waals surface area contributed by atoms with Gasteiger partial charge in [0, 0.05) is 6.42 Å². The van der Waals surface area contributed by atoms with Crippen molar-refractivity contribution in [3.63, 3.8) is 0 Å². The molecule has 4 nitrogen and oxygen atoms in total. The maximum absolute atomic E-state index is 12.5. The minimum absolute atomic E-state index is 0.0286. The molecule has 4 heteroatoms. The Morgan fingerprint density at radius 2 is 0.850 bits per heavy atom. The van der Waals surface area contributed by atoms with Crippen LogP contribution in [0, 0.1) is 11.3 Å². The predicted octanol–water partition coefficient (Wildman–Crippen LogP) is 11.0. The molecule has 242 valence electrons. The lowest BCUT2D eigenvalue weighted by molar-refractivity contribution is -0.147. The summed E-state index contributed by atoms with van der Waals surface area (Å²) in [4.78, 5) is 12.5. The van der Waals surface area contributed by atoms with Gasteiger partial charge in [0.1, 0.15) is 0 Å². The van der Waals surface area contributed by atoms with Crippen LogP contribution in [0.25, 0.3) is 0 Å². The maximum Gasteiger partial charge on any atom is 0.306 e. The predicted molar refractivity (Wildman–Crippen MR) is 175 cm³/mol. The van der Waals surface area contributed by atoms with E-state index in [1.54, 1.807) is 0 Å². The normalized spacial score (nSPS) is 12.2. The van der Waals surface area contributed by atoms with Crippen molar-refractivity contribution in [3.05, 3.63) is 0 Å². The van der Waals surface area contributed by atoms with E-state index in [2.05, 4.69) is 34.6 Å². The van der Waals surface area contributed by atoms with Crippen molar-refractivity contribution < 1.29 is 19.7 Å². The van der Waals surface area contributed by atoms with Gasteiger partial charge in [0.2, 0.25) is 0 Å². The number of rotatable bonds is 28. The van der Waals surface area contributed by atoms with Crippen LogP contribution in [-0.4, -0.2) is 36.0 Å². The molecule has 0 bridgehead atoms. The van der Waals surface area contributed by atoms with Gasteiger partial charge in [-0.15, -0.1) is 0 Å². The molecule has 0 aliphatic rings. The molecule has 0 aromatic heterocycles. The first-order valence-electron chi connectivity index (χ1n) is 17.7. The SMILES string of the molecule is CCCCCCCCCCCCCCC(CCCCCCCCCCCC)CC(=O)OCC(C)(C)C.OCCO. The third-order valence-corrected chi connectivity index (χ3v) is 7.65. The van der Waals surface area contributed by atoms with Crippen molar-refractivity contribution >= 4 is 5.97 Å². The Balaban J connectivity index is 0. The first-order valence-corrected chi connectivity index (χ1v) is 17.7. The van der Waals surface area contributed by atoms with Crippen molar-refractivity contribution in [2.75, 3.05) is 19.8 Å². The molecule has 0 radical (unpaired) electrons. The van der Waals surface area contributed by atoms with Gasteiger partial charge in [-0.25, -0.2) is 0 Å². The summed E-state index contributed by atoms with van der Waals surface area (Å²) >= 11 is 0. The van der Waals surface area contributed by atoms with Crippen LogP contribution < -0.4 is 0 Å². The zero-order valence-corrected chi connectivity index (χ0v) is 28.1. The van der Waals surface area contributed by atoms with Crippen molar-refractivity contribution in [1.82, 2.24) is 0 Å². The Morgan fingerprint density at radius 3 is 1.12 bits per heavy atom. The van der Waals surface area contributed by atoms with Crippen LogP contribution in [0.15, 0.2) is 0 Å². The monoisotopic (exact) mass is 571 g/mol. The van der Waals surface area contributed by atoms with Gasteiger partial charge >= 0.3 is 5.97 Å². The van der Waals surface area contributed by atoms with Crippen LogP contribution in [0.2, 0.25) is 0 Å². The minimum atomic E-state index is -0.125. The highest BCUT2D eigenvalue weighted by atomic mass is 16.5. The van der Waals surface area contributed by atoms with E-state index in [-0.39, 0.29) is 24.6 Å². The highest BCUT2D eigenvalue weighted by Gasteiger charge is 2.18. The van der Waals surface area contributed by atoms with Crippen molar-refractivity contribution in [2.24, 2.45) is 11.3 Å². The highest BCUT2D eigenvalue weighted by molar-refractivity contribution is 5.69. The molecule has 0 rings (SSSR count). The van der Waals surface area contributed by atoms with E-state index in [9.17, 15) is 4.79 Å². The van der Waals surface area contributed by atoms with Crippen molar-refractivity contribution in [1.29, 1.82) is 0 Å². The molecular formula is C36H74O4. The summed E-state index contributed by atoms with van der Waals surface area (Å²) in [5.74, 6) is 0.551. The molecule has 0 saturated heterocycles. The lowest BCUT2D eigenvalue weighted by Gasteiger charge is -2.20. The molecule has 2 N–H and O–H groups in total. The third kappa shape index (κ3) is 37.4. The maximum atomic E-state index is 12.5. The topological polar surface area (TPSA) is 66.8 Å². The van der Waals surface area contributed by atoms with E-state index in [1.165, 1.54) is 154 Å². The van der Waals surface area contributed by atoms with Crippen LogP contribution >= 0.6 is 0 Å². The van der Waals surface area contributed by atoms with E-state index in [0.717, 1.165) is 0 Å². The average Bonchev–Trinajstić information content (AvgIpc) is 2.93. The summed E-state index contributed by atoms with van der Waals surface area (Å²) in [6.07, 6.45) is 33.5. The molecule has 0 aliphatic carbocycles. The van der Waals surface area contributed by atoms with Crippen LogP contribution in [0.4, 0.5) is 0 Å². The van der Waals surface area contributed by atoms with Gasteiger partial charge < -0.3 is 14.9 Å². The summed E-state index contributed by atoms with van der Waals surface area (Å²) in [5, 5.41) is 15.2. The Labute approximate surface area is 251 Å². The second-order valence-corrected chi connectivity index (χ2v) is 13.4. The minimum Gasteiger partial charge on any atom is -0.465 e. The van der Waals surface area contributed by atoms with E-state index in [1.807, 2.05) is 0 Å². The Bertz CT molecular complexity index is 484. The van der Waals surface area contributed by atoms with E-state index in [4.69, 9.17) is 14.9 Å². The van der Waals surface area contributed by atoms with Crippen LogP contribution in [-0.2, 0) is 9.53 Å². The standard InChI is InChI=1S/C34H68O2.C2H6O2/c1-6-8-10-12-14-16-18-19-21-23-25-27-29-32(30-33(35)36-31-34(3,4)5)28-26-24-22-20-17-15-13-11-9-7-2;3-1-2-4/h32H,6-31H2,1-5H3;3-4H,1-2H2. The molecule has 0 spiro atoms. The zero-order chi connectivity index (χ0) is 30.2. The first-order chi connectivity index (χ1) is 19.3. The number of ether oxygens (including phenoxy) is 1. The Kier molecular flexibility index (Phi) is 34.2. The number of hydrogen-bond acceptors (Lipinski definition) is 4. The first kappa shape index (κ1) is 41.5. The smallest absolute Gasteiger partial charge is 0.306 e. The van der Waals surface area contributed by atoms with Gasteiger partial charge in [-0.2, -0.15) is 0 Å². The molecular weight excluding hydrogens is 496 g/mol. The fourth-order valence-corrected chi connectivity index (χ4v) is 5.13. The largest absolute Gasteiger partial charge is 0.465 e. The lowest BCUT2D eigenvalue weighted by atomic mass is 9.91. The molecule has 1 unspecified atom stereocenters. The van der Waals surface area contributed by atoms with Gasteiger partial charge in [0.25, 0.3) is 0 Å². The van der Waals surface area contributed by atoms with Crippen molar-refractivity contribution in [2.45, 2.75) is 195 Å². The molecule has 0 aromatic carbocycles. The molecule has 0 saturated carbocycles. The number of unbranched alkanes of at least 4 members (excludes halogenated alkanes) is 20. The zero-order valence-electron chi connectivity index (χ0n) is 28.1. The Hall–Kier alpha value is -0.610. The van der Waals surface area contributed by atoms with Gasteiger partial charge in [0.15, 0.2) is 0 Å². The average molecular weight is 571 g/mol. The quantitative estimate of drug-likeness (QED) is 0.0725. The van der Waals surface area contributed by atoms with Crippen molar-refractivity contribution in [3.8, 4) is 0 Å². The van der Waals surface area contributed by atoms with E-state index >= 15 is 0 Å².